The van der Waals surface area contributed by atoms with Crippen molar-refractivity contribution in [3.63, 3.8) is 0 Å². The minimum atomic E-state index is 0.853. The van der Waals surface area contributed by atoms with Gasteiger partial charge in [0.15, 0.2) is 0 Å². The Bertz CT molecular complexity index is 749. The molecular weight excluding hydrogens is 304 g/mol. The summed E-state index contributed by atoms with van der Waals surface area (Å²) in [5, 5.41) is 0. The quantitative estimate of drug-likeness (QED) is 0.765. The molecule has 1 heterocycles. The topological polar surface area (TPSA) is 37.9 Å². The van der Waals surface area contributed by atoms with Crippen LogP contribution in [-0.2, 0) is 0 Å². The highest BCUT2D eigenvalue weighted by Crippen LogP contribution is 2.27. The van der Waals surface area contributed by atoms with Crippen LogP contribution >= 0.6 is 15.9 Å². The number of imidazole rings is 1. The third kappa shape index (κ3) is 2.24. The van der Waals surface area contributed by atoms with Crippen molar-refractivity contribution in [2.24, 2.45) is 0 Å². The third-order valence-corrected chi connectivity index (χ3v) is 3.62. The smallest absolute Gasteiger partial charge is 0.138 e. The molecule has 3 nitrogen and oxygen atoms in total. The van der Waals surface area contributed by atoms with Crippen LogP contribution in [0.1, 0.15) is 5.56 Å². The number of hydrogen-bond acceptors (Lipinski definition) is 2. The van der Waals surface area contributed by atoms with Gasteiger partial charge in [-0.3, -0.25) is 0 Å². The van der Waals surface area contributed by atoms with Crippen LogP contribution < -0.4 is 4.74 Å². The number of H-pyrrole nitrogens is 1. The van der Waals surface area contributed by atoms with Crippen LogP contribution in [0, 0.1) is 6.92 Å². The average molecular weight is 317 g/mol. The number of aryl methyl sites for hydroxylation is 1. The van der Waals surface area contributed by atoms with E-state index < -0.39 is 0 Å². The highest BCUT2D eigenvalue weighted by Gasteiger charge is 2.08. The van der Waals surface area contributed by atoms with E-state index in [-0.39, 0.29) is 0 Å². The monoisotopic (exact) mass is 316 g/mol. The molecule has 0 bridgehead atoms. The van der Waals surface area contributed by atoms with Gasteiger partial charge in [0.1, 0.15) is 11.6 Å². The highest BCUT2D eigenvalue weighted by atomic mass is 79.9. The maximum Gasteiger partial charge on any atom is 0.138 e. The minimum Gasteiger partial charge on any atom is -0.496 e. The highest BCUT2D eigenvalue weighted by molar-refractivity contribution is 9.10. The van der Waals surface area contributed by atoms with E-state index in [0.717, 1.165) is 38.2 Å². The van der Waals surface area contributed by atoms with E-state index in [0.29, 0.717) is 0 Å². The molecular formula is C15H13BrN2O. The van der Waals surface area contributed by atoms with Crippen molar-refractivity contribution in [2.45, 2.75) is 6.92 Å². The van der Waals surface area contributed by atoms with Crippen LogP contribution in [0.4, 0.5) is 0 Å². The molecule has 0 fully saturated rings. The summed E-state index contributed by atoms with van der Waals surface area (Å²) >= 11 is 3.46. The summed E-state index contributed by atoms with van der Waals surface area (Å²) in [5.41, 5.74) is 4.11. The lowest BCUT2D eigenvalue weighted by Crippen LogP contribution is -1.88. The average Bonchev–Trinajstić information content (AvgIpc) is 2.82. The molecule has 0 radical (unpaired) electrons. The van der Waals surface area contributed by atoms with Gasteiger partial charge in [0.25, 0.3) is 0 Å². The third-order valence-electron chi connectivity index (χ3n) is 3.13. The first-order valence-electron chi connectivity index (χ1n) is 5.97. The standard InChI is InChI=1S/C15H13BrN2O/c1-9-3-4-10(7-14(9)19-2)15-17-12-6-5-11(16)8-13(12)18-15/h3-8H,1-2H3,(H,17,18). The molecule has 2 aromatic carbocycles. The summed E-state index contributed by atoms with van der Waals surface area (Å²) < 4.78 is 6.39. The fourth-order valence-corrected chi connectivity index (χ4v) is 2.45. The number of nitrogens with zero attached hydrogens (tertiary/aromatic N) is 1. The van der Waals surface area contributed by atoms with Crippen molar-refractivity contribution in [1.29, 1.82) is 0 Å². The van der Waals surface area contributed by atoms with Gasteiger partial charge in [0, 0.05) is 10.0 Å². The van der Waals surface area contributed by atoms with Gasteiger partial charge in [-0.25, -0.2) is 4.98 Å². The molecule has 0 aliphatic rings. The lowest BCUT2D eigenvalue weighted by atomic mass is 10.1. The number of aromatic nitrogens is 2. The molecule has 3 rings (SSSR count). The van der Waals surface area contributed by atoms with E-state index in [1.165, 1.54) is 0 Å². The first-order chi connectivity index (χ1) is 9.17. The van der Waals surface area contributed by atoms with Crippen LogP contribution in [0.15, 0.2) is 40.9 Å². The zero-order valence-corrected chi connectivity index (χ0v) is 12.3. The molecule has 1 aromatic heterocycles. The summed E-state index contributed by atoms with van der Waals surface area (Å²) in [6.45, 7) is 2.03. The van der Waals surface area contributed by atoms with Gasteiger partial charge in [-0.2, -0.15) is 0 Å². The van der Waals surface area contributed by atoms with Gasteiger partial charge in [0.2, 0.25) is 0 Å². The van der Waals surface area contributed by atoms with Crippen molar-refractivity contribution >= 4 is 27.0 Å². The molecule has 0 amide bonds. The zero-order chi connectivity index (χ0) is 13.4. The van der Waals surface area contributed by atoms with Gasteiger partial charge < -0.3 is 9.72 Å². The molecule has 0 spiro atoms. The Hall–Kier alpha value is -1.81. The molecule has 19 heavy (non-hydrogen) atoms. The van der Waals surface area contributed by atoms with Crippen LogP contribution in [0.5, 0.6) is 5.75 Å². The summed E-state index contributed by atoms with van der Waals surface area (Å²) in [6.07, 6.45) is 0. The van der Waals surface area contributed by atoms with Gasteiger partial charge in [-0.1, -0.05) is 28.1 Å². The SMILES string of the molecule is COc1cc(-c2nc3ccc(Br)cc3[nH]2)ccc1C. The van der Waals surface area contributed by atoms with E-state index in [2.05, 4.69) is 25.9 Å². The summed E-state index contributed by atoms with van der Waals surface area (Å²) in [4.78, 5) is 7.92. The van der Waals surface area contributed by atoms with Crippen molar-refractivity contribution < 1.29 is 4.74 Å². The first kappa shape index (κ1) is 12.2. The molecule has 4 heteroatoms. The van der Waals surface area contributed by atoms with Crippen molar-refractivity contribution in [2.75, 3.05) is 7.11 Å². The van der Waals surface area contributed by atoms with Crippen LogP contribution in [0.2, 0.25) is 0 Å². The predicted molar refractivity (Wildman–Crippen MR) is 80.5 cm³/mol. The Morgan fingerprint density at radius 1 is 1.16 bits per heavy atom. The number of aromatic amines is 1. The number of methoxy groups -OCH3 is 1. The van der Waals surface area contributed by atoms with Crippen molar-refractivity contribution in [3.05, 3.63) is 46.4 Å². The number of ether oxygens (including phenoxy) is 1. The molecule has 1 N–H and O–H groups in total. The number of fused-ring (bicyclic) bond motifs is 1. The van der Waals surface area contributed by atoms with Crippen LogP contribution in [0.3, 0.4) is 0 Å². The number of benzene rings is 2. The van der Waals surface area contributed by atoms with Crippen LogP contribution in [0.25, 0.3) is 22.4 Å². The maximum atomic E-state index is 5.35. The number of halogens is 1. The molecule has 0 saturated carbocycles. The second kappa shape index (κ2) is 4.70. The Morgan fingerprint density at radius 2 is 2.00 bits per heavy atom. The molecule has 0 aliphatic heterocycles. The maximum absolute atomic E-state index is 5.35. The lowest BCUT2D eigenvalue weighted by Gasteiger charge is -2.05. The van der Waals surface area contributed by atoms with E-state index in [1.54, 1.807) is 7.11 Å². The van der Waals surface area contributed by atoms with Gasteiger partial charge in [0.05, 0.1) is 18.1 Å². The minimum absolute atomic E-state index is 0.853. The van der Waals surface area contributed by atoms with Gasteiger partial charge in [-0.05, 0) is 36.8 Å². The number of rotatable bonds is 2. The molecule has 96 valence electrons. The summed E-state index contributed by atoms with van der Waals surface area (Å²) in [6, 6.07) is 12.1. The predicted octanol–water partition coefficient (Wildman–Crippen LogP) is 4.31. The lowest BCUT2D eigenvalue weighted by molar-refractivity contribution is 0.412. The summed E-state index contributed by atoms with van der Waals surface area (Å²) in [5.74, 6) is 1.73. The molecule has 0 unspecified atom stereocenters. The Balaban J connectivity index is 2.13. The zero-order valence-electron chi connectivity index (χ0n) is 10.7. The number of nitrogens with one attached hydrogen (secondary N) is 1. The fourth-order valence-electron chi connectivity index (χ4n) is 2.09. The van der Waals surface area contributed by atoms with E-state index in [4.69, 9.17) is 4.74 Å². The molecule has 0 atom stereocenters. The number of hydrogen-bond donors (Lipinski definition) is 1. The van der Waals surface area contributed by atoms with E-state index in [9.17, 15) is 0 Å². The van der Waals surface area contributed by atoms with E-state index in [1.807, 2.05) is 43.3 Å². The Morgan fingerprint density at radius 3 is 2.79 bits per heavy atom. The normalized spacial score (nSPS) is 10.9. The fraction of sp³-hybridized carbons (Fsp3) is 0.133. The first-order valence-corrected chi connectivity index (χ1v) is 6.77. The molecule has 0 aliphatic carbocycles. The molecule has 3 aromatic rings. The second-order valence-electron chi connectivity index (χ2n) is 4.43. The summed E-state index contributed by atoms with van der Waals surface area (Å²) in [7, 11) is 1.68. The largest absolute Gasteiger partial charge is 0.496 e. The van der Waals surface area contributed by atoms with Gasteiger partial charge >= 0.3 is 0 Å². The Labute approximate surface area is 119 Å². The molecule has 0 saturated heterocycles. The van der Waals surface area contributed by atoms with Crippen molar-refractivity contribution in [1.82, 2.24) is 9.97 Å². The van der Waals surface area contributed by atoms with Crippen LogP contribution in [-0.4, -0.2) is 17.1 Å². The Kier molecular flexibility index (Phi) is 3.03. The second-order valence-corrected chi connectivity index (χ2v) is 5.35. The van der Waals surface area contributed by atoms with Crippen molar-refractivity contribution in [3.8, 4) is 17.1 Å². The van der Waals surface area contributed by atoms with Gasteiger partial charge in [-0.15, -0.1) is 0 Å². The van der Waals surface area contributed by atoms with E-state index >= 15 is 0 Å².